The van der Waals surface area contributed by atoms with Gasteiger partial charge in [-0.15, -0.1) is 0 Å². The first-order valence-corrected chi connectivity index (χ1v) is 4.87. The number of rotatable bonds is 3. The molecule has 0 spiro atoms. The van der Waals surface area contributed by atoms with Gasteiger partial charge in [0.25, 0.3) is 0 Å². The summed E-state index contributed by atoms with van der Waals surface area (Å²) < 4.78 is 5.73. The molecule has 0 saturated heterocycles. The van der Waals surface area contributed by atoms with Crippen LogP contribution in [0.1, 0.15) is 32.9 Å². The largest absolute Gasteiger partial charge is 0.470 e. The van der Waals surface area contributed by atoms with Crippen LogP contribution in [-0.4, -0.2) is 10.6 Å². The summed E-state index contributed by atoms with van der Waals surface area (Å²) in [5, 5.41) is 0. The first kappa shape index (κ1) is 10.8. The molecule has 0 aromatic carbocycles. The molecule has 1 aromatic heterocycles. The van der Waals surface area contributed by atoms with Crippen LogP contribution in [0, 0.1) is 6.92 Å². The van der Waals surface area contributed by atoms with Gasteiger partial charge in [0.2, 0.25) is 5.88 Å². The monoisotopic (exact) mass is 194 g/mol. The molecule has 2 N–H and O–H groups in total. The molecule has 0 aliphatic rings. The molecule has 3 nitrogen and oxygen atoms in total. The van der Waals surface area contributed by atoms with E-state index < -0.39 is 0 Å². The van der Waals surface area contributed by atoms with Gasteiger partial charge < -0.3 is 10.5 Å². The maximum Gasteiger partial charge on any atom is 0.237 e. The van der Waals surface area contributed by atoms with Crippen molar-refractivity contribution in [2.45, 2.75) is 39.7 Å². The van der Waals surface area contributed by atoms with E-state index in [9.17, 15) is 0 Å². The minimum atomic E-state index is -0.213. The van der Waals surface area contributed by atoms with Gasteiger partial charge >= 0.3 is 0 Å². The van der Waals surface area contributed by atoms with Crippen molar-refractivity contribution in [2.75, 3.05) is 5.73 Å². The van der Waals surface area contributed by atoms with Gasteiger partial charge in [0.1, 0.15) is 5.60 Å². The number of hydrogen-bond donors (Lipinski definition) is 1. The predicted molar refractivity (Wildman–Crippen MR) is 58.4 cm³/mol. The molecule has 78 valence electrons. The Bertz CT molecular complexity index is 321. The average molecular weight is 194 g/mol. The molecule has 0 radical (unpaired) electrons. The van der Waals surface area contributed by atoms with Gasteiger partial charge in [-0.1, -0.05) is 6.92 Å². The van der Waals surface area contributed by atoms with Crippen LogP contribution in [0.3, 0.4) is 0 Å². The summed E-state index contributed by atoms with van der Waals surface area (Å²) in [4.78, 5) is 4.26. The van der Waals surface area contributed by atoms with Crippen LogP contribution in [0.5, 0.6) is 5.88 Å². The fourth-order valence-corrected chi connectivity index (χ4v) is 0.959. The van der Waals surface area contributed by atoms with Crippen molar-refractivity contribution in [1.82, 2.24) is 4.98 Å². The molecule has 14 heavy (non-hydrogen) atoms. The van der Waals surface area contributed by atoms with Gasteiger partial charge in [-0.2, -0.15) is 0 Å². The van der Waals surface area contributed by atoms with E-state index in [0.717, 1.165) is 12.1 Å². The van der Waals surface area contributed by atoms with Crippen molar-refractivity contribution in [3.8, 4) is 5.88 Å². The minimum absolute atomic E-state index is 0.213. The van der Waals surface area contributed by atoms with Gasteiger partial charge in [-0.3, -0.25) is 0 Å². The van der Waals surface area contributed by atoms with E-state index in [4.69, 9.17) is 10.5 Å². The van der Waals surface area contributed by atoms with E-state index >= 15 is 0 Å². The molecule has 0 amide bonds. The summed E-state index contributed by atoms with van der Waals surface area (Å²) in [6.45, 7) is 8.05. The molecule has 1 rings (SSSR count). The van der Waals surface area contributed by atoms with Crippen molar-refractivity contribution >= 4 is 5.69 Å². The Labute approximate surface area is 85.3 Å². The lowest BCUT2D eigenvalue weighted by atomic mass is 10.1. The van der Waals surface area contributed by atoms with Crippen LogP contribution < -0.4 is 10.5 Å². The van der Waals surface area contributed by atoms with Crippen molar-refractivity contribution in [2.24, 2.45) is 0 Å². The van der Waals surface area contributed by atoms with Crippen LogP contribution in [0.4, 0.5) is 5.69 Å². The van der Waals surface area contributed by atoms with Gasteiger partial charge in [0, 0.05) is 5.69 Å². The van der Waals surface area contributed by atoms with Crippen molar-refractivity contribution in [1.29, 1.82) is 0 Å². The Balaban J connectivity index is 2.91. The second-order valence-corrected chi connectivity index (χ2v) is 4.06. The molecule has 0 aliphatic heterocycles. The number of pyridine rings is 1. The fraction of sp³-hybridized carbons (Fsp3) is 0.545. The lowest BCUT2D eigenvalue weighted by molar-refractivity contribution is 0.0999. The molecule has 1 heterocycles. The quantitative estimate of drug-likeness (QED) is 0.804. The fourth-order valence-electron chi connectivity index (χ4n) is 0.959. The number of hydrogen-bond acceptors (Lipinski definition) is 3. The number of nitrogen functional groups attached to an aromatic ring is 1. The van der Waals surface area contributed by atoms with E-state index in [1.54, 1.807) is 0 Å². The molecule has 0 saturated carbocycles. The van der Waals surface area contributed by atoms with Crippen molar-refractivity contribution in [3.63, 3.8) is 0 Å². The Morgan fingerprint density at radius 1 is 1.43 bits per heavy atom. The number of aryl methyl sites for hydroxylation is 1. The number of nitrogens with zero attached hydrogens (tertiary/aromatic N) is 1. The third kappa shape index (κ3) is 2.62. The number of anilines is 1. The Morgan fingerprint density at radius 2 is 2.07 bits per heavy atom. The molecular weight excluding hydrogens is 176 g/mol. The SMILES string of the molecule is CCC(C)(C)Oc1nc(C)ccc1N. The van der Waals surface area contributed by atoms with E-state index in [1.165, 1.54) is 0 Å². The Morgan fingerprint density at radius 3 is 2.64 bits per heavy atom. The second-order valence-electron chi connectivity index (χ2n) is 4.06. The van der Waals surface area contributed by atoms with Gasteiger partial charge in [-0.05, 0) is 39.3 Å². The number of nitrogens with two attached hydrogens (primary N) is 1. The summed E-state index contributed by atoms with van der Waals surface area (Å²) in [5.41, 5.74) is 7.06. The maximum absolute atomic E-state index is 5.76. The molecule has 0 bridgehead atoms. The lowest BCUT2D eigenvalue weighted by Gasteiger charge is -2.24. The highest BCUT2D eigenvalue weighted by molar-refractivity contribution is 5.48. The van der Waals surface area contributed by atoms with Crippen LogP contribution in [0.25, 0.3) is 0 Å². The third-order valence-corrected chi connectivity index (χ3v) is 2.25. The first-order chi connectivity index (χ1) is 6.44. The van der Waals surface area contributed by atoms with Crippen LogP contribution in [-0.2, 0) is 0 Å². The molecule has 0 atom stereocenters. The minimum Gasteiger partial charge on any atom is -0.470 e. The second kappa shape index (κ2) is 3.86. The summed E-state index contributed by atoms with van der Waals surface area (Å²) >= 11 is 0. The standard InChI is InChI=1S/C11H18N2O/c1-5-11(3,4)14-10-9(12)7-6-8(2)13-10/h6-7H,5,12H2,1-4H3. The smallest absolute Gasteiger partial charge is 0.237 e. The molecule has 3 heteroatoms. The highest BCUT2D eigenvalue weighted by Gasteiger charge is 2.18. The maximum atomic E-state index is 5.76. The summed E-state index contributed by atoms with van der Waals surface area (Å²) in [6, 6.07) is 3.70. The normalized spacial score (nSPS) is 11.4. The molecule has 0 unspecified atom stereocenters. The van der Waals surface area contributed by atoms with E-state index in [2.05, 4.69) is 11.9 Å². The van der Waals surface area contributed by atoms with Gasteiger partial charge in [0.15, 0.2) is 0 Å². The average Bonchev–Trinajstić information content (AvgIpc) is 2.11. The highest BCUT2D eigenvalue weighted by atomic mass is 16.5. The first-order valence-electron chi connectivity index (χ1n) is 4.87. The van der Waals surface area contributed by atoms with Crippen LogP contribution in [0.15, 0.2) is 12.1 Å². The van der Waals surface area contributed by atoms with E-state index in [1.807, 2.05) is 32.9 Å². The molecule has 0 aliphatic carbocycles. The van der Waals surface area contributed by atoms with Crippen LogP contribution in [0.2, 0.25) is 0 Å². The number of aromatic nitrogens is 1. The zero-order valence-electron chi connectivity index (χ0n) is 9.29. The zero-order valence-corrected chi connectivity index (χ0v) is 9.29. The number of ether oxygens (including phenoxy) is 1. The van der Waals surface area contributed by atoms with E-state index in [-0.39, 0.29) is 5.60 Å². The summed E-state index contributed by atoms with van der Waals surface area (Å²) in [5.74, 6) is 0.539. The third-order valence-electron chi connectivity index (χ3n) is 2.25. The summed E-state index contributed by atoms with van der Waals surface area (Å²) in [7, 11) is 0. The van der Waals surface area contributed by atoms with E-state index in [0.29, 0.717) is 11.6 Å². The highest BCUT2D eigenvalue weighted by Crippen LogP contribution is 2.24. The lowest BCUT2D eigenvalue weighted by Crippen LogP contribution is -2.27. The summed E-state index contributed by atoms with van der Waals surface area (Å²) in [6.07, 6.45) is 0.919. The van der Waals surface area contributed by atoms with Gasteiger partial charge in [0.05, 0.1) is 5.69 Å². The topological polar surface area (TPSA) is 48.1 Å². The van der Waals surface area contributed by atoms with Crippen molar-refractivity contribution < 1.29 is 4.74 Å². The van der Waals surface area contributed by atoms with Crippen molar-refractivity contribution in [3.05, 3.63) is 17.8 Å². The van der Waals surface area contributed by atoms with Crippen LogP contribution >= 0.6 is 0 Å². The Kier molecular flexibility index (Phi) is 2.99. The Hall–Kier alpha value is -1.25. The molecule has 1 aromatic rings. The predicted octanol–water partition coefficient (Wildman–Crippen LogP) is 2.54. The zero-order chi connectivity index (χ0) is 10.8. The molecule has 0 fully saturated rings. The molecular formula is C11H18N2O. The van der Waals surface area contributed by atoms with Gasteiger partial charge in [-0.25, -0.2) is 4.98 Å².